The van der Waals surface area contributed by atoms with Gasteiger partial charge in [-0.05, 0) is 48.9 Å². The van der Waals surface area contributed by atoms with Gasteiger partial charge in [-0.25, -0.2) is 0 Å². The molecule has 0 saturated heterocycles. The lowest BCUT2D eigenvalue weighted by Gasteiger charge is -2.43. The molecule has 1 rings (SSSR count). The summed E-state index contributed by atoms with van der Waals surface area (Å²) in [7, 11) is 0. The molecule has 0 aromatic carbocycles. The molecule has 1 atom stereocenters. The van der Waals surface area contributed by atoms with Crippen LogP contribution >= 0.6 is 0 Å². The molecule has 2 nitrogen and oxygen atoms in total. The molecule has 110 valence electrons. The highest BCUT2D eigenvalue weighted by atomic mass is 16.3. The van der Waals surface area contributed by atoms with E-state index in [0.717, 1.165) is 25.7 Å². The van der Waals surface area contributed by atoms with E-state index in [0.29, 0.717) is 17.8 Å². The lowest BCUT2D eigenvalue weighted by Crippen LogP contribution is -2.41. The van der Waals surface area contributed by atoms with Crippen LogP contribution in [0.15, 0.2) is 0 Å². The Bertz CT molecular complexity index is 332. The molecule has 1 saturated carbocycles. The van der Waals surface area contributed by atoms with Gasteiger partial charge < -0.3 is 5.11 Å². The Morgan fingerprint density at radius 3 is 1.95 bits per heavy atom. The van der Waals surface area contributed by atoms with E-state index in [-0.39, 0.29) is 5.41 Å². The van der Waals surface area contributed by atoms with Crippen molar-refractivity contribution < 1.29 is 5.11 Å². The minimum atomic E-state index is -0.505. The Balaban J connectivity index is 2.74. The highest BCUT2D eigenvalue weighted by Gasteiger charge is 2.44. The minimum absolute atomic E-state index is 0.0736. The van der Waals surface area contributed by atoms with Crippen LogP contribution in [0.3, 0.4) is 0 Å². The lowest BCUT2D eigenvalue weighted by atomic mass is 9.61. The number of nitrogens with zero attached hydrogens (tertiary/aromatic N) is 1. The molecule has 0 aliphatic heterocycles. The fraction of sp³-hybridized carbons (Fsp3) is 0.941. The van der Waals surface area contributed by atoms with Gasteiger partial charge >= 0.3 is 0 Å². The van der Waals surface area contributed by atoms with Crippen molar-refractivity contribution in [2.24, 2.45) is 22.2 Å². The molecule has 1 aliphatic rings. The van der Waals surface area contributed by atoms with Gasteiger partial charge in [-0.15, -0.1) is 0 Å². The van der Waals surface area contributed by atoms with Crippen LogP contribution in [0.4, 0.5) is 0 Å². The number of rotatable bonds is 2. The second-order valence-corrected chi connectivity index (χ2v) is 8.69. The third-order valence-electron chi connectivity index (χ3n) is 4.77. The van der Waals surface area contributed by atoms with Crippen LogP contribution in [0.1, 0.15) is 73.6 Å². The molecule has 0 amide bonds. The van der Waals surface area contributed by atoms with Crippen LogP contribution < -0.4 is 0 Å². The van der Waals surface area contributed by atoms with Crippen molar-refractivity contribution in [2.75, 3.05) is 0 Å². The fourth-order valence-electron chi connectivity index (χ4n) is 3.29. The SMILES string of the molecule is CC(C)(C)CC(O)C1(C#N)CCC(C(C)(C)C)CC1. The maximum absolute atomic E-state index is 10.5. The Labute approximate surface area is 119 Å². The number of hydrogen-bond donors (Lipinski definition) is 1. The molecule has 1 unspecified atom stereocenters. The van der Waals surface area contributed by atoms with Gasteiger partial charge in [-0.2, -0.15) is 5.26 Å². The van der Waals surface area contributed by atoms with Crippen molar-refractivity contribution in [3.63, 3.8) is 0 Å². The number of hydrogen-bond acceptors (Lipinski definition) is 2. The highest BCUT2D eigenvalue weighted by Crippen LogP contribution is 2.48. The minimum Gasteiger partial charge on any atom is -0.391 e. The van der Waals surface area contributed by atoms with Crippen LogP contribution in [0, 0.1) is 33.5 Å². The molecule has 1 N–H and O–H groups in total. The van der Waals surface area contributed by atoms with E-state index < -0.39 is 11.5 Å². The first-order chi connectivity index (χ1) is 8.50. The highest BCUT2D eigenvalue weighted by molar-refractivity contribution is 5.07. The van der Waals surface area contributed by atoms with Crippen LogP contribution in [-0.2, 0) is 0 Å². The summed E-state index contributed by atoms with van der Waals surface area (Å²) in [5.41, 5.74) is -0.115. The van der Waals surface area contributed by atoms with Crippen LogP contribution in [0.25, 0.3) is 0 Å². The van der Waals surface area contributed by atoms with E-state index in [4.69, 9.17) is 0 Å². The van der Waals surface area contributed by atoms with Crippen LogP contribution in [0.2, 0.25) is 0 Å². The van der Waals surface area contributed by atoms with Crippen molar-refractivity contribution >= 4 is 0 Å². The summed E-state index contributed by atoms with van der Waals surface area (Å²) in [6.07, 6.45) is 4.06. The Hall–Kier alpha value is -0.550. The average molecular weight is 265 g/mol. The predicted molar refractivity (Wildman–Crippen MR) is 79.5 cm³/mol. The normalized spacial score (nSPS) is 30.7. The summed E-state index contributed by atoms with van der Waals surface area (Å²) >= 11 is 0. The van der Waals surface area contributed by atoms with Crippen molar-refractivity contribution in [3.8, 4) is 6.07 Å². The predicted octanol–water partition coefficient (Wildman–Crippen LogP) is 4.53. The van der Waals surface area contributed by atoms with Gasteiger partial charge in [0.25, 0.3) is 0 Å². The number of nitriles is 1. The smallest absolute Gasteiger partial charge is 0.0832 e. The zero-order valence-corrected chi connectivity index (χ0v) is 13.6. The Morgan fingerprint density at radius 2 is 1.63 bits per heavy atom. The van der Waals surface area contributed by atoms with E-state index in [1.807, 2.05) is 0 Å². The molecule has 0 bridgehead atoms. The Morgan fingerprint density at radius 1 is 1.16 bits per heavy atom. The van der Waals surface area contributed by atoms with Gasteiger partial charge in [0, 0.05) is 0 Å². The van der Waals surface area contributed by atoms with E-state index in [1.54, 1.807) is 0 Å². The first-order valence-electron chi connectivity index (χ1n) is 7.59. The summed E-state index contributed by atoms with van der Waals surface area (Å²) in [4.78, 5) is 0. The first-order valence-corrected chi connectivity index (χ1v) is 7.59. The maximum atomic E-state index is 10.5. The quantitative estimate of drug-likeness (QED) is 0.797. The molecule has 0 radical (unpaired) electrons. The summed E-state index contributed by atoms with van der Waals surface area (Å²) in [6, 6.07) is 2.46. The second-order valence-electron chi connectivity index (χ2n) is 8.69. The number of aliphatic hydroxyl groups is 1. The molecule has 0 heterocycles. The average Bonchev–Trinajstić information content (AvgIpc) is 2.25. The third kappa shape index (κ3) is 4.21. The van der Waals surface area contributed by atoms with Gasteiger partial charge in [-0.3, -0.25) is 0 Å². The zero-order chi connectivity index (χ0) is 14.9. The molecule has 0 aromatic heterocycles. The van der Waals surface area contributed by atoms with Gasteiger partial charge in [0.2, 0.25) is 0 Å². The zero-order valence-electron chi connectivity index (χ0n) is 13.6. The van der Waals surface area contributed by atoms with E-state index in [2.05, 4.69) is 47.6 Å². The summed E-state index contributed by atoms with van der Waals surface area (Å²) < 4.78 is 0. The van der Waals surface area contributed by atoms with E-state index >= 15 is 0 Å². The molecule has 0 aromatic rings. The molecule has 0 spiro atoms. The molecular weight excluding hydrogens is 234 g/mol. The topological polar surface area (TPSA) is 44.0 Å². The van der Waals surface area contributed by atoms with E-state index in [1.165, 1.54) is 0 Å². The van der Waals surface area contributed by atoms with Crippen molar-refractivity contribution in [3.05, 3.63) is 0 Å². The van der Waals surface area contributed by atoms with Gasteiger partial charge in [-0.1, -0.05) is 41.5 Å². The monoisotopic (exact) mass is 265 g/mol. The second kappa shape index (κ2) is 5.44. The van der Waals surface area contributed by atoms with Crippen molar-refractivity contribution in [2.45, 2.75) is 79.8 Å². The maximum Gasteiger partial charge on any atom is 0.0832 e. The fourth-order valence-corrected chi connectivity index (χ4v) is 3.29. The standard InChI is InChI=1S/C17H31NO/c1-15(2,3)11-14(19)17(12-18)9-7-13(8-10-17)16(4,5)6/h13-14,19H,7-11H2,1-6H3. The van der Waals surface area contributed by atoms with Crippen LogP contribution in [-0.4, -0.2) is 11.2 Å². The lowest BCUT2D eigenvalue weighted by molar-refractivity contribution is -0.0120. The number of aliphatic hydroxyl groups excluding tert-OH is 1. The molecule has 2 heteroatoms. The molecule has 1 fully saturated rings. The van der Waals surface area contributed by atoms with Gasteiger partial charge in [0.05, 0.1) is 17.6 Å². The molecule has 19 heavy (non-hydrogen) atoms. The van der Waals surface area contributed by atoms with Crippen LogP contribution in [0.5, 0.6) is 0 Å². The first kappa shape index (κ1) is 16.5. The van der Waals surface area contributed by atoms with Crippen molar-refractivity contribution in [1.82, 2.24) is 0 Å². The largest absolute Gasteiger partial charge is 0.391 e. The van der Waals surface area contributed by atoms with Crippen molar-refractivity contribution in [1.29, 1.82) is 5.26 Å². The summed E-state index contributed by atoms with van der Waals surface area (Å²) in [6.45, 7) is 13.2. The summed E-state index contributed by atoms with van der Waals surface area (Å²) in [5, 5.41) is 20.1. The van der Waals surface area contributed by atoms with Gasteiger partial charge in [0.15, 0.2) is 0 Å². The molecule has 1 aliphatic carbocycles. The van der Waals surface area contributed by atoms with E-state index in [9.17, 15) is 10.4 Å². The van der Waals surface area contributed by atoms with Gasteiger partial charge in [0.1, 0.15) is 0 Å². The summed E-state index contributed by atoms with van der Waals surface area (Å²) in [5.74, 6) is 0.677. The Kier molecular flexibility index (Phi) is 4.73. The third-order valence-corrected chi connectivity index (χ3v) is 4.77. The molecular formula is C17H31NO.